The fraction of sp³-hybridized carbons (Fsp3) is 0.333. The zero-order chi connectivity index (χ0) is 19.5. The average molecular weight is 384 g/mol. The van der Waals surface area contributed by atoms with Crippen LogP contribution in [0.1, 0.15) is 24.2 Å². The predicted molar refractivity (Wildman–Crippen MR) is 102 cm³/mol. The van der Waals surface area contributed by atoms with Crippen molar-refractivity contribution >= 4 is 16.9 Å². The van der Waals surface area contributed by atoms with Crippen molar-refractivity contribution in [3.63, 3.8) is 0 Å². The largest absolute Gasteiger partial charge is 0.352 e. The van der Waals surface area contributed by atoms with Crippen LogP contribution in [0.5, 0.6) is 0 Å². The summed E-state index contributed by atoms with van der Waals surface area (Å²) in [6.45, 7) is 2.15. The highest BCUT2D eigenvalue weighted by molar-refractivity contribution is 5.78. The van der Waals surface area contributed by atoms with Crippen LogP contribution in [0.4, 0.5) is 8.78 Å². The number of nitrogens with zero attached hydrogens (tertiary/aromatic N) is 2. The number of benzene rings is 2. The lowest BCUT2D eigenvalue weighted by Gasteiger charge is -2.30. The summed E-state index contributed by atoms with van der Waals surface area (Å²) in [6.07, 6.45) is 1.43. The topological polar surface area (TPSA) is 61.0 Å². The van der Waals surface area contributed by atoms with Crippen molar-refractivity contribution in [2.75, 3.05) is 13.1 Å². The van der Waals surface area contributed by atoms with Crippen LogP contribution in [0.3, 0.4) is 0 Å². The van der Waals surface area contributed by atoms with Gasteiger partial charge in [0.15, 0.2) is 0 Å². The molecule has 0 spiro atoms. The Morgan fingerprint density at radius 2 is 1.82 bits per heavy atom. The summed E-state index contributed by atoms with van der Waals surface area (Å²) in [6, 6.07) is 11.6. The molecule has 0 atom stereocenters. The van der Waals surface area contributed by atoms with Crippen LogP contribution in [-0.2, 0) is 17.9 Å². The number of imidazole rings is 1. The van der Waals surface area contributed by atoms with Crippen molar-refractivity contribution in [2.45, 2.75) is 25.9 Å². The average Bonchev–Trinajstić information content (AvgIpc) is 3.10. The first-order valence-electron chi connectivity index (χ1n) is 9.47. The van der Waals surface area contributed by atoms with Gasteiger partial charge in [0.2, 0.25) is 5.91 Å². The second kappa shape index (κ2) is 8.06. The van der Waals surface area contributed by atoms with E-state index in [-0.39, 0.29) is 23.9 Å². The van der Waals surface area contributed by atoms with E-state index in [4.69, 9.17) is 0 Å². The Labute approximate surface area is 161 Å². The van der Waals surface area contributed by atoms with Crippen LogP contribution in [0.2, 0.25) is 0 Å². The number of nitrogens with one attached hydrogen (secondary N) is 2. The highest BCUT2D eigenvalue weighted by Crippen LogP contribution is 2.20. The molecule has 146 valence electrons. The van der Waals surface area contributed by atoms with Gasteiger partial charge in [-0.1, -0.05) is 18.2 Å². The van der Waals surface area contributed by atoms with Gasteiger partial charge in [-0.3, -0.25) is 9.69 Å². The number of H-pyrrole nitrogens is 1. The number of carbonyl (C=O) groups is 1. The zero-order valence-corrected chi connectivity index (χ0v) is 15.4. The second-order valence-corrected chi connectivity index (χ2v) is 7.17. The number of para-hydroxylation sites is 2. The number of halogens is 2. The van der Waals surface area contributed by atoms with Crippen LogP contribution in [0.15, 0.2) is 42.5 Å². The van der Waals surface area contributed by atoms with Crippen LogP contribution < -0.4 is 5.32 Å². The van der Waals surface area contributed by atoms with E-state index in [1.165, 1.54) is 18.2 Å². The number of carbonyl (C=O) groups excluding carboxylic acids is 1. The molecule has 0 unspecified atom stereocenters. The fourth-order valence-electron chi connectivity index (χ4n) is 3.67. The van der Waals surface area contributed by atoms with Crippen LogP contribution in [-0.4, -0.2) is 33.9 Å². The molecule has 1 amide bonds. The summed E-state index contributed by atoms with van der Waals surface area (Å²) >= 11 is 0. The zero-order valence-electron chi connectivity index (χ0n) is 15.4. The Morgan fingerprint density at radius 1 is 1.11 bits per heavy atom. The number of hydrogen-bond donors (Lipinski definition) is 2. The van der Waals surface area contributed by atoms with E-state index >= 15 is 0 Å². The third kappa shape index (κ3) is 4.04. The van der Waals surface area contributed by atoms with Gasteiger partial charge in [0.1, 0.15) is 17.5 Å². The van der Waals surface area contributed by atoms with Gasteiger partial charge >= 0.3 is 0 Å². The summed E-state index contributed by atoms with van der Waals surface area (Å²) < 4.78 is 27.3. The van der Waals surface area contributed by atoms with Gasteiger partial charge < -0.3 is 10.3 Å². The molecule has 2 heterocycles. The van der Waals surface area contributed by atoms with E-state index < -0.39 is 11.6 Å². The number of aromatic nitrogens is 2. The first kappa shape index (κ1) is 18.6. The Bertz CT molecular complexity index is 926. The fourth-order valence-corrected chi connectivity index (χ4v) is 3.67. The Balaban J connectivity index is 1.28. The molecule has 1 aliphatic rings. The molecule has 1 saturated heterocycles. The lowest BCUT2D eigenvalue weighted by atomic mass is 9.96. The van der Waals surface area contributed by atoms with E-state index in [9.17, 15) is 13.6 Å². The van der Waals surface area contributed by atoms with Gasteiger partial charge in [0.25, 0.3) is 0 Å². The number of fused-ring (bicyclic) bond motifs is 1. The molecule has 2 N–H and O–H groups in total. The maximum atomic E-state index is 13.7. The molecular weight excluding hydrogens is 362 g/mol. The molecule has 0 bridgehead atoms. The molecule has 1 fully saturated rings. The number of likely N-dealkylation sites (tertiary alicyclic amines) is 1. The maximum Gasteiger partial charge on any atom is 0.223 e. The lowest BCUT2D eigenvalue weighted by molar-refractivity contribution is -0.126. The number of amides is 1. The first-order chi connectivity index (χ1) is 13.6. The molecule has 0 saturated carbocycles. The van der Waals surface area contributed by atoms with Crippen molar-refractivity contribution in [1.29, 1.82) is 0 Å². The Kier molecular flexibility index (Phi) is 5.34. The summed E-state index contributed by atoms with van der Waals surface area (Å²) in [5, 5.41) is 2.68. The van der Waals surface area contributed by atoms with E-state index in [1.807, 2.05) is 24.3 Å². The minimum absolute atomic E-state index is 0.0989. The van der Waals surface area contributed by atoms with E-state index in [0.29, 0.717) is 19.4 Å². The van der Waals surface area contributed by atoms with Gasteiger partial charge in [0.05, 0.1) is 17.6 Å². The number of aromatic amines is 1. The monoisotopic (exact) mass is 384 g/mol. The van der Waals surface area contributed by atoms with Gasteiger partial charge in [-0.15, -0.1) is 0 Å². The summed E-state index contributed by atoms with van der Waals surface area (Å²) in [7, 11) is 0. The summed E-state index contributed by atoms with van der Waals surface area (Å²) in [5.74, 6) is -0.645. The van der Waals surface area contributed by atoms with Crippen molar-refractivity contribution in [2.24, 2.45) is 5.92 Å². The molecule has 3 aromatic rings. The summed E-state index contributed by atoms with van der Waals surface area (Å²) in [4.78, 5) is 22.6. The summed E-state index contributed by atoms with van der Waals surface area (Å²) in [5.41, 5.74) is 1.87. The highest BCUT2D eigenvalue weighted by atomic mass is 19.1. The van der Waals surface area contributed by atoms with E-state index in [0.717, 1.165) is 29.9 Å². The van der Waals surface area contributed by atoms with Gasteiger partial charge in [0, 0.05) is 18.0 Å². The minimum Gasteiger partial charge on any atom is -0.352 e. The maximum absolute atomic E-state index is 13.7. The van der Waals surface area contributed by atoms with Gasteiger partial charge in [-0.25, -0.2) is 13.8 Å². The molecule has 2 aromatic carbocycles. The van der Waals surface area contributed by atoms with Crippen molar-refractivity contribution < 1.29 is 13.6 Å². The standard InChI is InChI=1S/C21H22F2N4O/c22-16-4-3-5-17(23)15(16)12-24-21(28)14-8-10-27(11-9-14)13-20-25-18-6-1-2-7-19(18)26-20/h1-7,14H,8-13H2,(H,24,28)(H,25,26). The van der Waals surface area contributed by atoms with Crippen molar-refractivity contribution in [3.8, 4) is 0 Å². The number of piperidine rings is 1. The van der Waals surface area contributed by atoms with Crippen molar-refractivity contribution in [1.82, 2.24) is 20.2 Å². The van der Waals surface area contributed by atoms with E-state index in [2.05, 4.69) is 20.2 Å². The predicted octanol–water partition coefficient (Wildman–Crippen LogP) is 3.37. The van der Waals surface area contributed by atoms with E-state index in [1.54, 1.807) is 0 Å². The smallest absolute Gasteiger partial charge is 0.223 e. The number of rotatable bonds is 5. The van der Waals surface area contributed by atoms with Crippen molar-refractivity contribution in [3.05, 3.63) is 65.5 Å². The molecule has 1 aliphatic heterocycles. The van der Waals surface area contributed by atoms with Gasteiger partial charge in [-0.2, -0.15) is 0 Å². The molecule has 0 aliphatic carbocycles. The third-order valence-electron chi connectivity index (χ3n) is 5.27. The van der Waals surface area contributed by atoms with Crippen LogP contribution in [0, 0.1) is 17.6 Å². The molecule has 4 rings (SSSR count). The Morgan fingerprint density at radius 3 is 2.54 bits per heavy atom. The third-order valence-corrected chi connectivity index (χ3v) is 5.27. The SMILES string of the molecule is O=C(NCc1c(F)cccc1F)C1CCN(Cc2nc3ccccc3[nH]2)CC1. The lowest BCUT2D eigenvalue weighted by Crippen LogP contribution is -2.40. The second-order valence-electron chi connectivity index (χ2n) is 7.17. The molecule has 0 radical (unpaired) electrons. The molecule has 28 heavy (non-hydrogen) atoms. The molecular formula is C21H22F2N4O. The number of hydrogen-bond acceptors (Lipinski definition) is 3. The quantitative estimate of drug-likeness (QED) is 0.709. The molecule has 7 heteroatoms. The van der Waals surface area contributed by atoms with Crippen LogP contribution >= 0.6 is 0 Å². The molecule has 1 aromatic heterocycles. The molecule has 5 nitrogen and oxygen atoms in total. The Hall–Kier alpha value is -2.80. The highest BCUT2D eigenvalue weighted by Gasteiger charge is 2.25. The first-order valence-corrected chi connectivity index (χ1v) is 9.47. The normalized spacial score (nSPS) is 15.8. The minimum atomic E-state index is -0.638. The van der Waals surface area contributed by atoms with Gasteiger partial charge in [-0.05, 0) is 50.2 Å². The van der Waals surface area contributed by atoms with Crippen LogP contribution in [0.25, 0.3) is 11.0 Å².